The Bertz CT molecular complexity index is 516. The van der Waals surface area contributed by atoms with E-state index in [1.54, 1.807) is 13.1 Å². The Hall–Kier alpha value is -1.71. The summed E-state index contributed by atoms with van der Waals surface area (Å²) in [7, 11) is 1.89. The average molecular weight is 203 g/mol. The van der Waals surface area contributed by atoms with Crippen LogP contribution < -0.4 is 0 Å². The van der Waals surface area contributed by atoms with Gasteiger partial charge in [0.2, 0.25) is 0 Å². The maximum atomic E-state index is 11.3. The largest absolute Gasteiger partial charge is 0.315 e. The van der Waals surface area contributed by atoms with Crippen molar-refractivity contribution >= 4 is 16.9 Å². The molecular formula is C11H13N3O. The van der Waals surface area contributed by atoms with Gasteiger partial charge in [-0.15, -0.1) is 0 Å². The zero-order valence-electron chi connectivity index (χ0n) is 9.06. The molecule has 0 N–H and O–H groups in total. The fourth-order valence-corrected chi connectivity index (χ4v) is 1.61. The van der Waals surface area contributed by atoms with Crippen LogP contribution in [0.5, 0.6) is 0 Å². The smallest absolute Gasteiger partial charge is 0.159 e. The van der Waals surface area contributed by atoms with Crippen LogP contribution in [0.3, 0.4) is 0 Å². The first kappa shape index (κ1) is 9.83. The summed E-state index contributed by atoms with van der Waals surface area (Å²) in [5.41, 5.74) is 1.66. The van der Waals surface area contributed by atoms with Gasteiger partial charge in [0.1, 0.15) is 17.1 Å². The lowest BCUT2D eigenvalue weighted by atomic mass is 10.1. The number of ketones is 1. The van der Waals surface area contributed by atoms with Gasteiger partial charge in [-0.2, -0.15) is 0 Å². The van der Waals surface area contributed by atoms with Crippen LogP contribution in [0, 0.1) is 0 Å². The Kier molecular flexibility index (Phi) is 2.26. The molecule has 0 saturated heterocycles. The average Bonchev–Trinajstić information content (AvgIpc) is 2.56. The number of carbonyl (C=O) groups excluding carboxylic acids is 1. The molecule has 0 aliphatic heterocycles. The van der Waals surface area contributed by atoms with E-state index in [-0.39, 0.29) is 11.7 Å². The van der Waals surface area contributed by atoms with Gasteiger partial charge in [0.05, 0.1) is 5.92 Å². The van der Waals surface area contributed by atoms with Crippen molar-refractivity contribution in [3.8, 4) is 0 Å². The molecule has 4 nitrogen and oxygen atoms in total. The fourth-order valence-electron chi connectivity index (χ4n) is 1.61. The maximum absolute atomic E-state index is 11.3. The normalized spacial score (nSPS) is 13.0. The zero-order chi connectivity index (χ0) is 11.0. The Morgan fingerprint density at radius 2 is 2.27 bits per heavy atom. The molecule has 2 rings (SSSR count). The van der Waals surface area contributed by atoms with Crippen molar-refractivity contribution in [3.63, 3.8) is 0 Å². The number of rotatable bonds is 2. The molecule has 0 aliphatic rings. The molecule has 0 spiro atoms. The SMILES string of the molecule is CC(=O)C(C)c1nc2cccnc2n1C. The second kappa shape index (κ2) is 3.46. The molecule has 78 valence electrons. The Morgan fingerprint density at radius 1 is 1.53 bits per heavy atom. The summed E-state index contributed by atoms with van der Waals surface area (Å²) in [6, 6.07) is 3.75. The number of imidazole rings is 1. The Balaban J connectivity index is 2.63. The first-order chi connectivity index (χ1) is 7.11. The van der Waals surface area contributed by atoms with E-state index in [1.165, 1.54) is 0 Å². The Labute approximate surface area is 88.0 Å². The molecule has 2 aromatic rings. The van der Waals surface area contributed by atoms with Crippen LogP contribution in [0.25, 0.3) is 11.2 Å². The molecule has 0 aromatic carbocycles. The second-order valence-electron chi connectivity index (χ2n) is 3.71. The maximum Gasteiger partial charge on any atom is 0.159 e. The lowest BCUT2D eigenvalue weighted by Crippen LogP contribution is -2.10. The molecule has 0 fully saturated rings. The summed E-state index contributed by atoms with van der Waals surface area (Å²) < 4.78 is 1.88. The number of nitrogens with zero attached hydrogens (tertiary/aromatic N) is 3. The van der Waals surface area contributed by atoms with Gasteiger partial charge in [0.15, 0.2) is 5.65 Å². The number of pyridine rings is 1. The van der Waals surface area contributed by atoms with E-state index in [4.69, 9.17) is 0 Å². The molecule has 1 unspecified atom stereocenters. The number of fused-ring (bicyclic) bond motifs is 1. The van der Waals surface area contributed by atoms with Crippen molar-refractivity contribution in [2.45, 2.75) is 19.8 Å². The molecule has 0 bridgehead atoms. The first-order valence-corrected chi connectivity index (χ1v) is 4.89. The minimum absolute atomic E-state index is 0.119. The van der Waals surface area contributed by atoms with Crippen LogP contribution >= 0.6 is 0 Å². The molecule has 0 radical (unpaired) electrons. The molecule has 2 heterocycles. The highest BCUT2D eigenvalue weighted by molar-refractivity contribution is 5.83. The number of hydrogen-bond donors (Lipinski definition) is 0. The molecule has 2 aromatic heterocycles. The van der Waals surface area contributed by atoms with Crippen molar-refractivity contribution in [1.29, 1.82) is 0 Å². The molecule has 0 amide bonds. The van der Waals surface area contributed by atoms with Crippen LogP contribution in [0.15, 0.2) is 18.3 Å². The van der Waals surface area contributed by atoms with Crippen molar-refractivity contribution in [3.05, 3.63) is 24.2 Å². The standard InChI is InChI=1S/C11H13N3O/c1-7(8(2)15)10-13-9-5-4-6-12-11(9)14(10)3/h4-7H,1-3H3. The Morgan fingerprint density at radius 3 is 2.87 bits per heavy atom. The zero-order valence-corrected chi connectivity index (χ0v) is 9.06. The van der Waals surface area contributed by atoms with Gasteiger partial charge in [0.25, 0.3) is 0 Å². The third-order valence-electron chi connectivity index (χ3n) is 2.66. The van der Waals surface area contributed by atoms with E-state index in [1.807, 2.05) is 30.7 Å². The van der Waals surface area contributed by atoms with Gasteiger partial charge in [-0.3, -0.25) is 4.79 Å². The van der Waals surface area contributed by atoms with Crippen LogP contribution in [0.2, 0.25) is 0 Å². The van der Waals surface area contributed by atoms with Crippen LogP contribution in [0.1, 0.15) is 25.6 Å². The molecule has 4 heteroatoms. The van der Waals surface area contributed by atoms with Gasteiger partial charge in [-0.1, -0.05) is 0 Å². The predicted octanol–water partition coefficient (Wildman–Crippen LogP) is 1.66. The minimum Gasteiger partial charge on any atom is -0.315 e. The van der Waals surface area contributed by atoms with Gasteiger partial charge in [-0.05, 0) is 26.0 Å². The van der Waals surface area contributed by atoms with Gasteiger partial charge < -0.3 is 4.57 Å². The number of hydrogen-bond acceptors (Lipinski definition) is 3. The highest BCUT2D eigenvalue weighted by Crippen LogP contribution is 2.19. The molecular weight excluding hydrogens is 190 g/mol. The second-order valence-corrected chi connectivity index (χ2v) is 3.71. The van der Waals surface area contributed by atoms with Crippen molar-refractivity contribution in [1.82, 2.24) is 14.5 Å². The van der Waals surface area contributed by atoms with Gasteiger partial charge in [-0.25, -0.2) is 9.97 Å². The fraction of sp³-hybridized carbons (Fsp3) is 0.364. The molecule has 15 heavy (non-hydrogen) atoms. The van der Waals surface area contributed by atoms with E-state index in [9.17, 15) is 4.79 Å². The number of Topliss-reactive ketones (excluding diaryl/α,β-unsaturated/α-hetero) is 1. The topological polar surface area (TPSA) is 47.8 Å². The van der Waals surface area contributed by atoms with Crippen LogP contribution in [-0.4, -0.2) is 20.3 Å². The molecule has 0 aliphatic carbocycles. The van der Waals surface area contributed by atoms with Crippen LogP contribution in [0.4, 0.5) is 0 Å². The van der Waals surface area contributed by atoms with Crippen molar-refractivity contribution in [2.75, 3.05) is 0 Å². The third kappa shape index (κ3) is 1.52. The molecule has 1 atom stereocenters. The van der Waals surface area contributed by atoms with Crippen molar-refractivity contribution in [2.24, 2.45) is 7.05 Å². The monoisotopic (exact) mass is 203 g/mol. The molecule has 0 saturated carbocycles. The highest BCUT2D eigenvalue weighted by Gasteiger charge is 2.18. The predicted molar refractivity (Wildman–Crippen MR) is 57.6 cm³/mol. The number of carbonyl (C=O) groups is 1. The van der Waals surface area contributed by atoms with E-state index in [2.05, 4.69) is 9.97 Å². The minimum atomic E-state index is -0.177. The lowest BCUT2D eigenvalue weighted by Gasteiger charge is -2.06. The summed E-state index contributed by atoms with van der Waals surface area (Å²) in [5.74, 6) is 0.716. The number of aromatic nitrogens is 3. The first-order valence-electron chi connectivity index (χ1n) is 4.89. The number of aryl methyl sites for hydroxylation is 1. The summed E-state index contributed by atoms with van der Waals surface area (Å²) in [6.07, 6.45) is 1.73. The van der Waals surface area contributed by atoms with E-state index < -0.39 is 0 Å². The van der Waals surface area contributed by atoms with E-state index in [0.717, 1.165) is 17.0 Å². The summed E-state index contributed by atoms with van der Waals surface area (Å²) >= 11 is 0. The lowest BCUT2D eigenvalue weighted by molar-refractivity contribution is -0.118. The summed E-state index contributed by atoms with van der Waals surface area (Å²) in [5, 5.41) is 0. The van der Waals surface area contributed by atoms with Crippen LogP contribution in [-0.2, 0) is 11.8 Å². The van der Waals surface area contributed by atoms with Gasteiger partial charge in [0, 0.05) is 13.2 Å². The van der Waals surface area contributed by atoms with E-state index in [0.29, 0.717) is 0 Å². The van der Waals surface area contributed by atoms with Crippen molar-refractivity contribution < 1.29 is 4.79 Å². The van der Waals surface area contributed by atoms with E-state index >= 15 is 0 Å². The summed E-state index contributed by atoms with van der Waals surface area (Å²) in [4.78, 5) is 19.9. The van der Waals surface area contributed by atoms with Gasteiger partial charge >= 0.3 is 0 Å². The third-order valence-corrected chi connectivity index (χ3v) is 2.66. The quantitative estimate of drug-likeness (QED) is 0.745. The summed E-state index contributed by atoms with van der Waals surface area (Å²) in [6.45, 7) is 3.45. The highest BCUT2D eigenvalue weighted by atomic mass is 16.1.